The Kier molecular flexibility index (Phi) is 4.42. The van der Waals surface area contributed by atoms with Gasteiger partial charge in [0.2, 0.25) is 0 Å². The summed E-state index contributed by atoms with van der Waals surface area (Å²) < 4.78 is 0. The highest BCUT2D eigenvalue weighted by molar-refractivity contribution is 4.88. The molecule has 100 valence electrons. The first-order valence-electron chi connectivity index (χ1n) is 6.93. The Morgan fingerprint density at radius 2 is 1.88 bits per heavy atom. The summed E-state index contributed by atoms with van der Waals surface area (Å²) >= 11 is 0. The van der Waals surface area contributed by atoms with Gasteiger partial charge in [0, 0.05) is 6.54 Å². The predicted octanol–water partition coefficient (Wildman–Crippen LogP) is 0.194. The second-order valence-corrected chi connectivity index (χ2v) is 5.83. The molecule has 2 heterocycles. The van der Waals surface area contributed by atoms with Crippen molar-refractivity contribution in [3.8, 4) is 0 Å². The number of likely N-dealkylation sites (tertiary alicyclic amines) is 1. The molecule has 0 spiro atoms. The molecule has 0 aromatic heterocycles. The van der Waals surface area contributed by atoms with Crippen LogP contribution in [-0.4, -0.2) is 59.5 Å². The Morgan fingerprint density at radius 3 is 2.41 bits per heavy atom. The Bertz CT molecular complexity index is 232. The summed E-state index contributed by atoms with van der Waals surface area (Å²) in [7, 11) is 0. The van der Waals surface area contributed by atoms with Crippen LogP contribution in [0.25, 0.3) is 0 Å². The first kappa shape index (κ1) is 13.3. The molecule has 2 rings (SSSR count). The molecule has 0 aromatic rings. The van der Waals surface area contributed by atoms with Crippen LogP contribution in [0.15, 0.2) is 0 Å². The van der Waals surface area contributed by atoms with Gasteiger partial charge >= 0.3 is 0 Å². The maximum atomic E-state index is 10.5. The zero-order valence-electron chi connectivity index (χ0n) is 10.9. The number of hydrogen-bond donors (Lipinski definition) is 3. The van der Waals surface area contributed by atoms with Gasteiger partial charge in [0.15, 0.2) is 0 Å². The lowest BCUT2D eigenvalue weighted by atomic mass is 9.88. The van der Waals surface area contributed by atoms with Crippen LogP contribution in [0.5, 0.6) is 0 Å². The molecule has 2 saturated heterocycles. The van der Waals surface area contributed by atoms with Gasteiger partial charge in [-0.05, 0) is 64.7 Å². The van der Waals surface area contributed by atoms with Crippen LogP contribution in [0, 0.1) is 5.92 Å². The molecule has 0 radical (unpaired) electrons. The van der Waals surface area contributed by atoms with Gasteiger partial charge in [0.25, 0.3) is 0 Å². The van der Waals surface area contributed by atoms with E-state index in [1.54, 1.807) is 0 Å². The first-order valence-corrected chi connectivity index (χ1v) is 6.93. The fraction of sp³-hybridized carbons (Fsp3) is 1.00. The fourth-order valence-electron chi connectivity index (χ4n) is 3.06. The van der Waals surface area contributed by atoms with Crippen LogP contribution < -0.4 is 5.32 Å². The van der Waals surface area contributed by atoms with E-state index in [0.29, 0.717) is 5.92 Å². The van der Waals surface area contributed by atoms with Crippen LogP contribution in [0.1, 0.15) is 32.6 Å². The fourth-order valence-corrected chi connectivity index (χ4v) is 3.06. The zero-order chi connectivity index (χ0) is 12.3. The quantitative estimate of drug-likeness (QED) is 0.661. The molecule has 0 aliphatic carbocycles. The van der Waals surface area contributed by atoms with Crippen LogP contribution in [-0.2, 0) is 0 Å². The lowest BCUT2D eigenvalue weighted by molar-refractivity contribution is -0.0328. The van der Waals surface area contributed by atoms with Crippen molar-refractivity contribution < 1.29 is 10.2 Å². The highest BCUT2D eigenvalue weighted by Crippen LogP contribution is 2.25. The van der Waals surface area contributed by atoms with E-state index < -0.39 is 5.60 Å². The molecule has 1 atom stereocenters. The molecular weight excluding hydrogens is 216 g/mol. The van der Waals surface area contributed by atoms with Crippen molar-refractivity contribution in [1.29, 1.82) is 0 Å². The van der Waals surface area contributed by atoms with Crippen LogP contribution in [0.4, 0.5) is 0 Å². The Hall–Kier alpha value is -0.160. The zero-order valence-corrected chi connectivity index (χ0v) is 10.9. The van der Waals surface area contributed by atoms with E-state index >= 15 is 0 Å². The Balaban J connectivity index is 1.77. The summed E-state index contributed by atoms with van der Waals surface area (Å²) in [6, 6.07) is 0. The van der Waals surface area contributed by atoms with Crippen molar-refractivity contribution in [3.63, 3.8) is 0 Å². The number of rotatable bonds is 3. The van der Waals surface area contributed by atoms with Crippen molar-refractivity contribution >= 4 is 0 Å². The standard InChI is InChI=1S/C13H26N2O2/c1-11(16)12-2-8-15(9-3-12)10-13(17)4-6-14-7-5-13/h11-12,14,16-17H,2-10H2,1H3. The summed E-state index contributed by atoms with van der Waals surface area (Å²) in [5, 5.41) is 23.3. The molecule has 2 aliphatic heterocycles. The van der Waals surface area contributed by atoms with Crippen LogP contribution in [0.2, 0.25) is 0 Å². The number of nitrogens with zero attached hydrogens (tertiary/aromatic N) is 1. The summed E-state index contributed by atoms with van der Waals surface area (Å²) in [6.07, 6.45) is 3.67. The molecule has 0 aromatic carbocycles. The average molecular weight is 242 g/mol. The second kappa shape index (κ2) is 5.65. The molecule has 17 heavy (non-hydrogen) atoms. The van der Waals surface area contributed by atoms with Crippen LogP contribution in [0.3, 0.4) is 0 Å². The highest BCUT2D eigenvalue weighted by Gasteiger charge is 2.33. The van der Waals surface area contributed by atoms with Gasteiger partial charge in [-0.15, -0.1) is 0 Å². The van der Waals surface area contributed by atoms with Crippen molar-refractivity contribution in [2.24, 2.45) is 5.92 Å². The Labute approximate surface area is 104 Å². The van der Waals surface area contributed by atoms with E-state index in [1.807, 2.05) is 6.92 Å². The molecule has 4 nitrogen and oxygen atoms in total. The molecular formula is C13H26N2O2. The van der Waals surface area contributed by atoms with E-state index in [9.17, 15) is 10.2 Å². The van der Waals surface area contributed by atoms with Gasteiger partial charge in [-0.3, -0.25) is 0 Å². The van der Waals surface area contributed by atoms with Crippen molar-refractivity contribution in [3.05, 3.63) is 0 Å². The highest BCUT2D eigenvalue weighted by atomic mass is 16.3. The number of piperidine rings is 2. The normalized spacial score (nSPS) is 29.1. The van der Waals surface area contributed by atoms with Gasteiger partial charge in [0.1, 0.15) is 0 Å². The van der Waals surface area contributed by atoms with E-state index in [-0.39, 0.29) is 6.10 Å². The monoisotopic (exact) mass is 242 g/mol. The lowest BCUT2D eigenvalue weighted by Crippen LogP contribution is -2.51. The second-order valence-electron chi connectivity index (χ2n) is 5.83. The Morgan fingerprint density at radius 1 is 1.29 bits per heavy atom. The maximum absolute atomic E-state index is 10.5. The average Bonchev–Trinajstić information content (AvgIpc) is 2.30. The minimum atomic E-state index is -0.483. The first-order chi connectivity index (χ1) is 8.09. The SMILES string of the molecule is CC(O)C1CCN(CC2(O)CCNCC2)CC1. The third-order valence-electron chi connectivity index (χ3n) is 4.37. The third-order valence-corrected chi connectivity index (χ3v) is 4.37. The summed E-state index contributed by atoms with van der Waals surface area (Å²) in [4.78, 5) is 2.37. The summed E-state index contributed by atoms with van der Waals surface area (Å²) in [5.41, 5.74) is -0.483. The van der Waals surface area contributed by atoms with Gasteiger partial charge in [-0.2, -0.15) is 0 Å². The van der Waals surface area contributed by atoms with Gasteiger partial charge in [0.05, 0.1) is 11.7 Å². The summed E-state index contributed by atoms with van der Waals surface area (Å²) in [6.45, 7) is 6.60. The van der Waals surface area contributed by atoms with E-state index in [2.05, 4.69) is 10.2 Å². The largest absolute Gasteiger partial charge is 0.393 e. The smallest absolute Gasteiger partial charge is 0.0798 e. The van der Waals surface area contributed by atoms with E-state index in [0.717, 1.165) is 58.4 Å². The summed E-state index contributed by atoms with van der Waals surface area (Å²) in [5.74, 6) is 0.453. The molecule has 4 heteroatoms. The molecule has 1 unspecified atom stereocenters. The van der Waals surface area contributed by atoms with E-state index in [4.69, 9.17) is 0 Å². The number of β-amino-alcohol motifs (C(OH)–C–C–N with tert-alkyl or cyclic N) is 1. The minimum absolute atomic E-state index is 0.181. The number of nitrogens with one attached hydrogen (secondary N) is 1. The van der Waals surface area contributed by atoms with Gasteiger partial charge in [-0.25, -0.2) is 0 Å². The molecule has 0 bridgehead atoms. The predicted molar refractivity (Wildman–Crippen MR) is 67.9 cm³/mol. The van der Waals surface area contributed by atoms with Crippen LogP contribution >= 0.6 is 0 Å². The minimum Gasteiger partial charge on any atom is -0.393 e. The molecule has 3 N–H and O–H groups in total. The van der Waals surface area contributed by atoms with Crippen molar-refractivity contribution in [2.75, 3.05) is 32.7 Å². The van der Waals surface area contributed by atoms with Crippen molar-refractivity contribution in [1.82, 2.24) is 10.2 Å². The topological polar surface area (TPSA) is 55.7 Å². The van der Waals surface area contributed by atoms with Gasteiger partial charge < -0.3 is 20.4 Å². The van der Waals surface area contributed by atoms with Crippen molar-refractivity contribution in [2.45, 2.75) is 44.3 Å². The maximum Gasteiger partial charge on any atom is 0.0798 e. The molecule has 2 fully saturated rings. The molecule has 0 amide bonds. The van der Waals surface area contributed by atoms with E-state index in [1.165, 1.54) is 0 Å². The number of aliphatic hydroxyl groups excluding tert-OH is 1. The third kappa shape index (κ3) is 3.65. The number of hydrogen-bond acceptors (Lipinski definition) is 4. The molecule has 0 saturated carbocycles. The number of aliphatic hydroxyl groups is 2. The van der Waals surface area contributed by atoms with Gasteiger partial charge in [-0.1, -0.05) is 0 Å². The lowest BCUT2D eigenvalue weighted by Gasteiger charge is -2.40. The molecule has 2 aliphatic rings.